The third-order valence-corrected chi connectivity index (χ3v) is 5.40. The standard InChI is InChI=1S/C17H17ClN4OS/c18-14-4-2-13(3-5-14)12-15-16(23)20-17(24-15)22-10-8-21(9-11-22)7-1-6-19/h2-5,12H,1,7-11H2/p+1/b15-12+. The second-order valence-electron chi connectivity index (χ2n) is 5.76. The number of nitrogens with zero attached hydrogens (tertiary/aromatic N) is 3. The zero-order chi connectivity index (χ0) is 16.9. The van der Waals surface area contributed by atoms with Crippen molar-refractivity contribution in [1.82, 2.24) is 4.90 Å². The Morgan fingerprint density at radius 2 is 2.04 bits per heavy atom. The van der Waals surface area contributed by atoms with Gasteiger partial charge in [0.1, 0.15) is 0 Å². The lowest BCUT2D eigenvalue weighted by molar-refractivity contribution is -0.903. The molecule has 7 heteroatoms. The van der Waals surface area contributed by atoms with Gasteiger partial charge in [-0.1, -0.05) is 23.7 Å². The molecule has 1 fully saturated rings. The third-order valence-electron chi connectivity index (χ3n) is 4.11. The van der Waals surface area contributed by atoms with Crippen molar-refractivity contribution in [1.29, 1.82) is 5.26 Å². The molecule has 1 saturated heterocycles. The third kappa shape index (κ3) is 4.18. The summed E-state index contributed by atoms with van der Waals surface area (Å²) in [6.07, 6.45) is 2.45. The molecule has 0 saturated carbocycles. The van der Waals surface area contributed by atoms with Crippen LogP contribution in [0.2, 0.25) is 5.02 Å². The number of hydrogen-bond donors (Lipinski definition) is 1. The summed E-state index contributed by atoms with van der Waals surface area (Å²) in [5.41, 5.74) is 0.942. The fraction of sp³-hybridized carbons (Fsp3) is 0.353. The minimum atomic E-state index is -0.177. The van der Waals surface area contributed by atoms with Crippen LogP contribution in [-0.2, 0) is 4.79 Å². The van der Waals surface area contributed by atoms with Gasteiger partial charge < -0.3 is 9.80 Å². The highest BCUT2D eigenvalue weighted by Gasteiger charge is 2.29. The maximum Gasteiger partial charge on any atom is 0.286 e. The molecule has 0 atom stereocenters. The normalized spacial score (nSPS) is 20.3. The topological polar surface area (TPSA) is 60.9 Å². The molecular formula is C17H18ClN4OS+. The van der Waals surface area contributed by atoms with E-state index in [1.165, 1.54) is 16.7 Å². The van der Waals surface area contributed by atoms with Crippen molar-refractivity contribution in [3.05, 3.63) is 39.8 Å². The molecule has 24 heavy (non-hydrogen) atoms. The lowest BCUT2D eigenvalue weighted by Crippen LogP contribution is -3.14. The van der Waals surface area contributed by atoms with Gasteiger partial charge in [0.15, 0.2) is 5.17 Å². The molecular weight excluding hydrogens is 344 g/mol. The Kier molecular flexibility index (Phi) is 5.56. The van der Waals surface area contributed by atoms with Crippen LogP contribution in [0.4, 0.5) is 0 Å². The molecule has 1 amide bonds. The van der Waals surface area contributed by atoms with Crippen LogP contribution in [0.3, 0.4) is 0 Å². The van der Waals surface area contributed by atoms with Crippen LogP contribution in [-0.4, -0.2) is 48.7 Å². The van der Waals surface area contributed by atoms with Gasteiger partial charge in [-0.25, -0.2) is 0 Å². The number of hydrogen-bond acceptors (Lipinski definition) is 4. The van der Waals surface area contributed by atoms with Gasteiger partial charge in [0.2, 0.25) is 0 Å². The Bertz CT molecular complexity index is 715. The average molecular weight is 362 g/mol. The van der Waals surface area contributed by atoms with Crippen molar-refractivity contribution in [3.63, 3.8) is 0 Å². The first-order valence-electron chi connectivity index (χ1n) is 7.89. The van der Waals surface area contributed by atoms with Crippen LogP contribution in [0.15, 0.2) is 34.2 Å². The highest BCUT2D eigenvalue weighted by Crippen LogP contribution is 2.30. The maximum absolute atomic E-state index is 12.1. The number of amides is 1. The predicted molar refractivity (Wildman–Crippen MR) is 96.8 cm³/mol. The number of nitriles is 1. The van der Waals surface area contributed by atoms with E-state index in [0.29, 0.717) is 16.3 Å². The van der Waals surface area contributed by atoms with Crippen LogP contribution < -0.4 is 4.90 Å². The van der Waals surface area contributed by atoms with Crippen LogP contribution in [0.5, 0.6) is 0 Å². The Labute approximate surface area is 150 Å². The van der Waals surface area contributed by atoms with Crippen LogP contribution >= 0.6 is 23.4 Å². The summed E-state index contributed by atoms with van der Waals surface area (Å²) in [4.78, 5) is 20.6. The highest BCUT2D eigenvalue weighted by molar-refractivity contribution is 8.18. The summed E-state index contributed by atoms with van der Waals surface area (Å²) < 4.78 is 0. The number of thioether (sulfide) groups is 1. The number of piperazine rings is 1. The van der Waals surface area contributed by atoms with Gasteiger partial charge in [0.05, 0.1) is 50.1 Å². The second-order valence-corrected chi connectivity index (χ2v) is 7.20. The predicted octanol–water partition coefficient (Wildman–Crippen LogP) is 1.42. The molecule has 0 bridgehead atoms. The summed E-state index contributed by atoms with van der Waals surface area (Å²) in [6.45, 7) is 4.59. The minimum Gasteiger partial charge on any atom is -0.339 e. The number of nitrogens with one attached hydrogen (secondary N) is 1. The molecule has 0 aromatic heterocycles. The lowest BCUT2D eigenvalue weighted by Gasteiger charge is -2.32. The van der Waals surface area contributed by atoms with E-state index in [2.05, 4.69) is 16.0 Å². The first-order valence-corrected chi connectivity index (χ1v) is 9.09. The number of quaternary nitrogens is 1. The summed E-state index contributed by atoms with van der Waals surface area (Å²) in [6, 6.07) is 9.59. The van der Waals surface area contributed by atoms with E-state index in [4.69, 9.17) is 16.9 Å². The van der Waals surface area contributed by atoms with Crippen molar-refractivity contribution in [3.8, 4) is 6.07 Å². The molecule has 1 aromatic carbocycles. The average Bonchev–Trinajstić information content (AvgIpc) is 2.96. The molecule has 1 aromatic rings. The van der Waals surface area contributed by atoms with Crippen molar-refractivity contribution in [2.45, 2.75) is 6.42 Å². The van der Waals surface area contributed by atoms with Gasteiger partial charge in [-0.05, 0) is 35.5 Å². The second kappa shape index (κ2) is 7.84. The zero-order valence-electron chi connectivity index (χ0n) is 13.2. The van der Waals surface area contributed by atoms with E-state index in [0.717, 1.165) is 43.5 Å². The Morgan fingerprint density at radius 1 is 1.33 bits per heavy atom. The number of amidine groups is 1. The van der Waals surface area contributed by atoms with E-state index in [1.54, 1.807) is 0 Å². The molecule has 1 N–H and O–H groups in total. The summed E-state index contributed by atoms with van der Waals surface area (Å²) in [5.74, 6) is -0.177. The van der Waals surface area contributed by atoms with E-state index >= 15 is 0 Å². The molecule has 2 heterocycles. The lowest BCUT2D eigenvalue weighted by atomic mass is 10.2. The number of rotatable bonds is 3. The largest absolute Gasteiger partial charge is 0.339 e. The van der Waals surface area contributed by atoms with Gasteiger partial charge >= 0.3 is 0 Å². The zero-order valence-corrected chi connectivity index (χ0v) is 14.7. The van der Waals surface area contributed by atoms with Crippen LogP contribution in [0.25, 0.3) is 6.08 Å². The van der Waals surface area contributed by atoms with Gasteiger partial charge in [-0.3, -0.25) is 4.79 Å². The van der Waals surface area contributed by atoms with Crippen molar-refractivity contribution in [2.75, 3.05) is 32.7 Å². The molecule has 2 aliphatic heterocycles. The number of carbonyl (C=O) groups excluding carboxylic acids is 1. The molecule has 124 valence electrons. The van der Waals surface area contributed by atoms with E-state index < -0.39 is 0 Å². The van der Waals surface area contributed by atoms with Gasteiger partial charge in [0, 0.05) is 5.02 Å². The molecule has 0 spiro atoms. The van der Waals surface area contributed by atoms with Crippen LogP contribution in [0.1, 0.15) is 12.0 Å². The van der Waals surface area contributed by atoms with Crippen molar-refractivity contribution in [2.24, 2.45) is 4.99 Å². The molecule has 0 unspecified atom stereocenters. The number of carbonyl (C=O) groups is 1. The molecule has 5 nitrogen and oxygen atoms in total. The van der Waals surface area contributed by atoms with E-state index in [1.807, 2.05) is 30.3 Å². The minimum absolute atomic E-state index is 0.177. The van der Waals surface area contributed by atoms with E-state index in [-0.39, 0.29) is 5.91 Å². The first-order chi connectivity index (χ1) is 11.7. The maximum atomic E-state index is 12.1. The number of aliphatic imine (C=N–C) groups is 1. The van der Waals surface area contributed by atoms with Gasteiger partial charge in [-0.2, -0.15) is 10.3 Å². The SMILES string of the molecule is N#CCC[NH+]1CCN(C2=NC(=O)/C(=C\c3ccc(Cl)cc3)S2)CC1. The quantitative estimate of drug-likeness (QED) is 0.827. The Morgan fingerprint density at radius 3 is 2.71 bits per heavy atom. The fourth-order valence-electron chi connectivity index (χ4n) is 2.74. The fourth-order valence-corrected chi connectivity index (χ4v) is 3.83. The van der Waals surface area contributed by atoms with Crippen molar-refractivity contribution < 1.29 is 9.69 Å². The van der Waals surface area contributed by atoms with Gasteiger partial charge in [0.25, 0.3) is 5.91 Å². The van der Waals surface area contributed by atoms with E-state index in [9.17, 15) is 4.79 Å². The van der Waals surface area contributed by atoms with Crippen molar-refractivity contribution >= 4 is 40.5 Å². The first kappa shape index (κ1) is 17.0. The smallest absolute Gasteiger partial charge is 0.286 e. The molecule has 0 aliphatic carbocycles. The summed E-state index contributed by atoms with van der Waals surface area (Å²) in [5, 5.41) is 10.1. The van der Waals surface area contributed by atoms with Crippen LogP contribution in [0, 0.1) is 11.3 Å². The summed E-state index contributed by atoms with van der Waals surface area (Å²) >= 11 is 7.32. The monoisotopic (exact) mass is 361 g/mol. The molecule has 0 radical (unpaired) electrons. The Balaban J connectivity index is 1.60. The number of halogens is 1. The Hall–Kier alpha value is -1.81. The molecule has 3 rings (SSSR count). The number of benzene rings is 1. The molecule has 2 aliphatic rings. The summed E-state index contributed by atoms with van der Waals surface area (Å²) in [7, 11) is 0. The highest BCUT2D eigenvalue weighted by atomic mass is 35.5. The van der Waals surface area contributed by atoms with Gasteiger partial charge in [-0.15, -0.1) is 0 Å².